The Labute approximate surface area is 120 Å². The van der Waals surface area contributed by atoms with E-state index in [0.29, 0.717) is 13.2 Å². The van der Waals surface area contributed by atoms with Gasteiger partial charge in [-0.2, -0.15) is 0 Å². The van der Waals surface area contributed by atoms with Crippen molar-refractivity contribution in [2.45, 2.75) is 13.5 Å². The molecule has 0 radical (unpaired) electrons. The molecule has 20 heavy (non-hydrogen) atoms. The van der Waals surface area contributed by atoms with Crippen LogP contribution in [0, 0.1) is 0 Å². The largest absolute Gasteiger partial charge is 0.492 e. The van der Waals surface area contributed by atoms with E-state index < -0.39 is 0 Å². The van der Waals surface area contributed by atoms with Gasteiger partial charge in [-0.1, -0.05) is 18.2 Å². The molecule has 0 atom stereocenters. The minimum absolute atomic E-state index is 0.165. The Morgan fingerprint density at radius 2 is 1.95 bits per heavy atom. The van der Waals surface area contributed by atoms with Gasteiger partial charge in [0.2, 0.25) is 5.91 Å². The minimum atomic E-state index is 0.165. The highest BCUT2D eigenvalue weighted by molar-refractivity contribution is 5.73. The summed E-state index contributed by atoms with van der Waals surface area (Å²) in [7, 11) is 0. The monoisotopic (exact) mass is 277 g/mol. The van der Waals surface area contributed by atoms with Crippen LogP contribution in [0.5, 0.6) is 5.75 Å². The molecule has 1 aliphatic heterocycles. The van der Waals surface area contributed by atoms with Crippen LogP contribution in [0.15, 0.2) is 24.3 Å². The fraction of sp³-hybridized carbons (Fsp3) is 0.533. The number of amides is 1. The van der Waals surface area contributed by atoms with Crippen molar-refractivity contribution >= 4 is 5.91 Å². The minimum Gasteiger partial charge on any atom is -0.492 e. The van der Waals surface area contributed by atoms with E-state index in [0.717, 1.165) is 44.0 Å². The number of piperazine rings is 1. The van der Waals surface area contributed by atoms with Crippen molar-refractivity contribution in [3.05, 3.63) is 29.8 Å². The van der Waals surface area contributed by atoms with E-state index in [4.69, 9.17) is 10.5 Å². The van der Waals surface area contributed by atoms with Crippen LogP contribution in [-0.2, 0) is 11.3 Å². The van der Waals surface area contributed by atoms with E-state index in [1.165, 1.54) is 0 Å². The first-order valence-electron chi connectivity index (χ1n) is 7.09. The topological polar surface area (TPSA) is 58.8 Å². The van der Waals surface area contributed by atoms with Crippen molar-refractivity contribution in [3.8, 4) is 5.75 Å². The summed E-state index contributed by atoms with van der Waals surface area (Å²) in [6.45, 7) is 7.12. The molecule has 110 valence electrons. The number of nitrogens with two attached hydrogens (primary N) is 1. The van der Waals surface area contributed by atoms with Crippen molar-refractivity contribution in [3.63, 3.8) is 0 Å². The van der Waals surface area contributed by atoms with Crippen LogP contribution in [0.1, 0.15) is 12.5 Å². The second-order valence-electron chi connectivity index (χ2n) is 5.01. The lowest BCUT2D eigenvalue weighted by Gasteiger charge is -2.34. The number of carbonyl (C=O) groups is 1. The molecule has 1 saturated heterocycles. The molecule has 5 nitrogen and oxygen atoms in total. The third-order valence-electron chi connectivity index (χ3n) is 3.68. The third kappa shape index (κ3) is 3.95. The molecule has 1 aliphatic rings. The van der Waals surface area contributed by atoms with Crippen molar-refractivity contribution in [2.24, 2.45) is 5.73 Å². The molecule has 2 rings (SSSR count). The van der Waals surface area contributed by atoms with Crippen molar-refractivity contribution in [1.29, 1.82) is 0 Å². The van der Waals surface area contributed by atoms with Crippen LogP contribution in [0.3, 0.4) is 0 Å². The molecule has 1 fully saturated rings. The predicted octanol–water partition coefficient (Wildman–Crippen LogP) is 0.688. The number of para-hydroxylation sites is 1. The Morgan fingerprint density at radius 1 is 1.25 bits per heavy atom. The summed E-state index contributed by atoms with van der Waals surface area (Å²) in [6.07, 6.45) is 0. The average molecular weight is 277 g/mol. The number of nitrogens with zero attached hydrogens (tertiary/aromatic N) is 2. The van der Waals surface area contributed by atoms with Gasteiger partial charge in [-0.3, -0.25) is 9.69 Å². The second-order valence-corrected chi connectivity index (χ2v) is 5.01. The molecule has 1 aromatic rings. The molecule has 1 amide bonds. The zero-order valence-corrected chi connectivity index (χ0v) is 12.0. The molecule has 0 aliphatic carbocycles. The molecule has 0 saturated carbocycles. The number of benzene rings is 1. The average Bonchev–Trinajstić information content (AvgIpc) is 2.48. The number of rotatable bonds is 5. The van der Waals surface area contributed by atoms with Gasteiger partial charge in [0, 0.05) is 51.8 Å². The normalized spacial score (nSPS) is 16.2. The third-order valence-corrected chi connectivity index (χ3v) is 3.68. The van der Waals surface area contributed by atoms with Gasteiger partial charge in [-0.25, -0.2) is 0 Å². The van der Waals surface area contributed by atoms with E-state index in [1.807, 2.05) is 29.2 Å². The van der Waals surface area contributed by atoms with E-state index in [1.54, 1.807) is 6.92 Å². The molecule has 0 bridgehead atoms. The molecule has 1 heterocycles. The van der Waals surface area contributed by atoms with Gasteiger partial charge in [0.05, 0.1) is 0 Å². The van der Waals surface area contributed by atoms with Crippen molar-refractivity contribution < 1.29 is 9.53 Å². The SMILES string of the molecule is CC(=O)N1CCN(CCOc2ccccc2CN)CC1. The number of carbonyl (C=O) groups excluding carboxylic acids is 1. The van der Waals surface area contributed by atoms with E-state index in [9.17, 15) is 4.79 Å². The van der Waals surface area contributed by atoms with Crippen LogP contribution < -0.4 is 10.5 Å². The van der Waals surface area contributed by atoms with Gasteiger partial charge >= 0.3 is 0 Å². The first-order valence-corrected chi connectivity index (χ1v) is 7.09. The van der Waals surface area contributed by atoms with Crippen LogP contribution >= 0.6 is 0 Å². The van der Waals surface area contributed by atoms with Gasteiger partial charge in [-0.15, -0.1) is 0 Å². The van der Waals surface area contributed by atoms with Gasteiger partial charge < -0.3 is 15.4 Å². The molecule has 0 spiro atoms. The Morgan fingerprint density at radius 3 is 2.60 bits per heavy atom. The summed E-state index contributed by atoms with van der Waals surface area (Å²) in [6, 6.07) is 7.87. The summed E-state index contributed by atoms with van der Waals surface area (Å²) in [5, 5.41) is 0. The fourth-order valence-corrected chi connectivity index (χ4v) is 2.38. The fourth-order valence-electron chi connectivity index (χ4n) is 2.38. The quantitative estimate of drug-likeness (QED) is 0.860. The maximum Gasteiger partial charge on any atom is 0.219 e. The van der Waals surface area contributed by atoms with Crippen molar-refractivity contribution in [2.75, 3.05) is 39.3 Å². The number of ether oxygens (including phenoxy) is 1. The Balaban J connectivity index is 1.73. The molecule has 2 N–H and O–H groups in total. The number of hydrogen-bond acceptors (Lipinski definition) is 4. The Kier molecular flexibility index (Phi) is 5.38. The van der Waals surface area contributed by atoms with Crippen LogP contribution in [0.25, 0.3) is 0 Å². The Bertz CT molecular complexity index is 442. The van der Waals surface area contributed by atoms with E-state index >= 15 is 0 Å². The maximum absolute atomic E-state index is 11.2. The van der Waals surface area contributed by atoms with Gasteiger partial charge in [-0.05, 0) is 6.07 Å². The lowest BCUT2D eigenvalue weighted by molar-refractivity contribution is -0.130. The Hall–Kier alpha value is -1.59. The highest BCUT2D eigenvalue weighted by Gasteiger charge is 2.18. The first kappa shape index (κ1) is 14.8. The summed E-state index contributed by atoms with van der Waals surface area (Å²) in [4.78, 5) is 15.5. The predicted molar refractivity (Wildman–Crippen MR) is 78.5 cm³/mol. The number of hydrogen-bond donors (Lipinski definition) is 1. The standard InChI is InChI=1S/C15H23N3O2/c1-13(19)18-8-6-17(7-9-18)10-11-20-15-5-3-2-4-14(15)12-16/h2-5H,6-12,16H2,1H3. The van der Waals surface area contributed by atoms with E-state index in [2.05, 4.69) is 4.90 Å². The van der Waals surface area contributed by atoms with Crippen LogP contribution in [0.4, 0.5) is 0 Å². The summed E-state index contributed by atoms with van der Waals surface area (Å²) in [5.41, 5.74) is 6.72. The molecule has 5 heteroatoms. The second kappa shape index (κ2) is 7.26. The van der Waals surface area contributed by atoms with Crippen LogP contribution in [-0.4, -0.2) is 55.0 Å². The summed E-state index contributed by atoms with van der Waals surface area (Å²) >= 11 is 0. The highest BCUT2D eigenvalue weighted by atomic mass is 16.5. The molecule has 0 aromatic heterocycles. The van der Waals surface area contributed by atoms with Gasteiger partial charge in [0.1, 0.15) is 12.4 Å². The highest BCUT2D eigenvalue weighted by Crippen LogP contribution is 2.16. The summed E-state index contributed by atoms with van der Waals surface area (Å²) < 4.78 is 5.80. The molecule has 1 aromatic carbocycles. The first-order chi connectivity index (χ1) is 9.70. The maximum atomic E-state index is 11.2. The van der Waals surface area contributed by atoms with E-state index in [-0.39, 0.29) is 5.91 Å². The molecular weight excluding hydrogens is 254 g/mol. The summed E-state index contributed by atoms with van der Waals surface area (Å²) in [5.74, 6) is 1.04. The lowest BCUT2D eigenvalue weighted by atomic mass is 10.2. The zero-order chi connectivity index (χ0) is 14.4. The van der Waals surface area contributed by atoms with Gasteiger partial charge in [0.25, 0.3) is 0 Å². The van der Waals surface area contributed by atoms with Crippen molar-refractivity contribution in [1.82, 2.24) is 9.80 Å². The molecule has 0 unspecified atom stereocenters. The van der Waals surface area contributed by atoms with Crippen LogP contribution in [0.2, 0.25) is 0 Å². The van der Waals surface area contributed by atoms with Gasteiger partial charge in [0.15, 0.2) is 0 Å². The molecular formula is C15H23N3O2. The zero-order valence-electron chi connectivity index (χ0n) is 12.0. The lowest BCUT2D eigenvalue weighted by Crippen LogP contribution is -2.48. The smallest absolute Gasteiger partial charge is 0.219 e.